The van der Waals surface area contributed by atoms with E-state index < -0.39 is 5.92 Å². The largest absolute Gasteiger partial charge is 0.465 e. The molecule has 0 saturated carbocycles. The molecule has 2 unspecified atom stereocenters. The summed E-state index contributed by atoms with van der Waals surface area (Å²) in [5.41, 5.74) is 1.99. The minimum atomic E-state index is -0.603. The van der Waals surface area contributed by atoms with Crippen LogP contribution in [0.3, 0.4) is 0 Å². The molecule has 1 heterocycles. The Morgan fingerprint density at radius 3 is 2.62 bits per heavy atom. The van der Waals surface area contributed by atoms with Crippen molar-refractivity contribution in [1.29, 1.82) is 0 Å². The van der Waals surface area contributed by atoms with Gasteiger partial charge < -0.3 is 9.41 Å². The lowest BCUT2D eigenvalue weighted by molar-refractivity contribution is -0.150. The molecule has 120 valence electrons. The highest BCUT2D eigenvalue weighted by atomic mass is 31.0. The molecule has 0 N–H and O–H groups in total. The number of carbonyl (C=O) groups excluding carboxylic acids is 2. The summed E-state index contributed by atoms with van der Waals surface area (Å²) in [6.07, 6.45) is 5.62. The molecule has 2 rings (SSSR count). The van der Waals surface area contributed by atoms with Crippen LogP contribution in [0.2, 0.25) is 0 Å². The lowest BCUT2D eigenvalue weighted by Gasteiger charge is -2.21. The van der Waals surface area contributed by atoms with Crippen LogP contribution in [0, 0.1) is 5.92 Å². The van der Waals surface area contributed by atoms with Gasteiger partial charge in [-0.15, -0.1) is 0 Å². The van der Waals surface area contributed by atoms with Crippen molar-refractivity contribution in [2.45, 2.75) is 59.3 Å². The molecule has 0 aromatic rings. The molecule has 0 aromatic carbocycles. The van der Waals surface area contributed by atoms with Gasteiger partial charge in [0, 0.05) is 17.8 Å². The van der Waals surface area contributed by atoms with Gasteiger partial charge in [-0.2, -0.15) is 0 Å². The summed E-state index contributed by atoms with van der Waals surface area (Å²) in [6, 6.07) is 0. The number of rotatable bonds is 2. The molecule has 2 atom stereocenters. The minimum Gasteiger partial charge on any atom is -0.465 e. The molecule has 0 radical (unpaired) electrons. The number of Topliss-reactive ketones (excluding diaryl/α,β-unsaturated/α-hetero) is 1. The molecule has 0 fully saturated rings. The van der Waals surface area contributed by atoms with Gasteiger partial charge in [0.05, 0.1) is 6.61 Å². The fourth-order valence-corrected chi connectivity index (χ4v) is 3.29. The van der Waals surface area contributed by atoms with Crippen molar-refractivity contribution in [2.24, 2.45) is 5.92 Å². The molecule has 0 spiro atoms. The number of hydrogen-bond donors (Lipinski definition) is 0. The van der Waals surface area contributed by atoms with Crippen LogP contribution < -0.4 is 0 Å². The van der Waals surface area contributed by atoms with Gasteiger partial charge in [0.25, 0.3) is 0 Å². The molecule has 0 aromatic heterocycles. The zero-order valence-corrected chi connectivity index (χ0v) is 14.6. The highest BCUT2D eigenvalue weighted by Crippen LogP contribution is 2.34. The average molecular weight is 313 g/mol. The van der Waals surface area contributed by atoms with Gasteiger partial charge in [-0.05, 0) is 48.4 Å². The Balaban J connectivity index is 0.00000106. The number of ketones is 1. The molecule has 0 saturated heterocycles. The second kappa shape index (κ2) is 9.19. The van der Waals surface area contributed by atoms with E-state index >= 15 is 0 Å². The maximum Gasteiger partial charge on any atom is 0.316 e. The van der Waals surface area contributed by atoms with Crippen LogP contribution in [-0.2, 0) is 14.3 Å². The average Bonchev–Trinajstić information content (AvgIpc) is 2.79. The third kappa shape index (κ3) is 4.54. The fourth-order valence-electron chi connectivity index (χ4n) is 2.86. The van der Waals surface area contributed by atoms with E-state index in [9.17, 15) is 9.59 Å². The molecule has 1 aliphatic heterocycles. The van der Waals surface area contributed by atoms with Gasteiger partial charge in [0.1, 0.15) is 5.92 Å². The predicted molar refractivity (Wildman–Crippen MR) is 87.6 cm³/mol. The summed E-state index contributed by atoms with van der Waals surface area (Å²) in [5.74, 6) is -0.960. The summed E-state index contributed by atoms with van der Waals surface area (Å²) >= 11 is 0. The van der Waals surface area contributed by atoms with Gasteiger partial charge in [0.2, 0.25) is 0 Å². The Morgan fingerprint density at radius 2 is 1.95 bits per heavy atom. The third-order valence-corrected chi connectivity index (χ3v) is 4.45. The molecule has 2 aliphatic rings. The topological polar surface area (TPSA) is 46.6 Å². The van der Waals surface area contributed by atoms with Crippen LogP contribution in [0.15, 0.2) is 11.3 Å². The molecule has 4 nitrogen and oxygen atoms in total. The molecular formula is C16H28NO3P. The van der Waals surface area contributed by atoms with Crippen molar-refractivity contribution >= 4 is 21.1 Å². The first kappa shape index (κ1) is 18.2. The van der Waals surface area contributed by atoms with Gasteiger partial charge in [-0.25, -0.2) is 0 Å². The van der Waals surface area contributed by atoms with Crippen molar-refractivity contribution in [3.8, 4) is 0 Å². The van der Waals surface area contributed by atoms with E-state index in [-0.39, 0.29) is 11.8 Å². The van der Waals surface area contributed by atoms with Gasteiger partial charge in [0.15, 0.2) is 5.78 Å². The summed E-state index contributed by atoms with van der Waals surface area (Å²) in [6.45, 7) is 6.83. The standard InChI is InChI=1S/C14H22NO3P.C2H6/c1-2-18-14(17)11-8-9-15(19)12-7-5-3-4-6-10(12)13(11)16;1-2/h11H,2-9,19H2,1H3;1-2H3. The van der Waals surface area contributed by atoms with Crippen molar-refractivity contribution in [3.63, 3.8) is 0 Å². The van der Waals surface area contributed by atoms with Crippen molar-refractivity contribution in [2.75, 3.05) is 13.2 Å². The van der Waals surface area contributed by atoms with Crippen LogP contribution in [0.5, 0.6) is 0 Å². The monoisotopic (exact) mass is 313 g/mol. The van der Waals surface area contributed by atoms with Crippen molar-refractivity contribution < 1.29 is 14.3 Å². The highest BCUT2D eigenvalue weighted by Gasteiger charge is 2.35. The van der Waals surface area contributed by atoms with E-state index in [1.54, 1.807) is 6.92 Å². The maximum atomic E-state index is 12.6. The zero-order chi connectivity index (χ0) is 15.8. The minimum absolute atomic E-state index is 0.000278. The Kier molecular flexibility index (Phi) is 7.95. The molecule has 21 heavy (non-hydrogen) atoms. The lowest BCUT2D eigenvalue weighted by atomic mass is 9.92. The molecule has 0 amide bonds. The first-order valence-corrected chi connectivity index (χ1v) is 8.62. The maximum absolute atomic E-state index is 12.6. The Morgan fingerprint density at radius 1 is 1.29 bits per heavy atom. The normalized spacial score (nSPS) is 22.6. The summed E-state index contributed by atoms with van der Waals surface area (Å²) in [5, 5.41) is 0. The van der Waals surface area contributed by atoms with Crippen molar-refractivity contribution in [1.82, 2.24) is 4.67 Å². The summed E-state index contributed by atoms with van der Waals surface area (Å²) < 4.78 is 7.13. The predicted octanol–water partition coefficient (Wildman–Crippen LogP) is 3.48. The second-order valence-corrected chi connectivity index (χ2v) is 5.76. The zero-order valence-electron chi connectivity index (χ0n) is 13.5. The molecule has 1 aliphatic carbocycles. The van der Waals surface area contributed by atoms with Crippen molar-refractivity contribution in [3.05, 3.63) is 11.3 Å². The number of esters is 1. The van der Waals surface area contributed by atoms with Crippen LogP contribution in [-0.4, -0.2) is 29.6 Å². The van der Waals surface area contributed by atoms with E-state index in [2.05, 4.69) is 14.1 Å². The molecule has 5 heteroatoms. The lowest BCUT2D eigenvalue weighted by Crippen LogP contribution is -2.27. The molecule has 0 bridgehead atoms. The first-order valence-electron chi connectivity index (χ1n) is 8.10. The van der Waals surface area contributed by atoms with E-state index in [1.165, 1.54) is 0 Å². The highest BCUT2D eigenvalue weighted by molar-refractivity contribution is 7.13. The quantitative estimate of drug-likeness (QED) is 0.445. The van der Waals surface area contributed by atoms with E-state index in [1.807, 2.05) is 13.8 Å². The number of nitrogens with zero attached hydrogens (tertiary/aromatic N) is 1. The van der Waals surface area contributed by atoms with Crippen LogP contribution in [0.25, 0.3) is 0 Å². The van der Waals surface area contributed by atoms with Crippen LogP contribution >= 0.6 is 9.39 Å². The Hall–Kier alpha value is -0.890. The fraction of sp³-hybridized carbons (Fsp3) is 0.750. The van der Waals surface area contributed by atoms with E-state index in [4.69, 9.17) is 4.74 Å². The van der Waals surface area contributed by atoms with Gasteiger partial charge >= 0.3 is 5.97 Å². The van der Waals surface area contributed by atoms with Crippen LogP contribution in [0.4, 0.5) is 0 Å². The second-order valence-electron chi connectivity index (χ2n) is 5.14. The summed E-state index contributed by atoms with van der Waals surface area (Å²) in [4.78, 5) is 24.5. The van der Waals surface area contributed by atoms with E-state index in [0.29, 0.717) is 13.0 Å². The SMILES string of the molecule is CC.CCOC(=O)C1CCN(P)C2=C(CCCCC2)C1=O. The summed E-state index contributed by atoms with van der Waals surface area (Å²) in [7, 11) is 2.70. The Labute approximate surface area is 130 Å². The smallest absolute Gasteiger partial charge is 0.316 e. The number of carbonyl (C=O) groups is 2. The first-order chi connectivity index (χ1) is 10.1. The van der Waals surface area contributed by atoms with Gasteiger partial charge in [-0.1, -0.05) is 20.3 Å². The third-order valence-electron chi connectivity index (χ3n) is 3.88. The number of hydrogen-bond acceptors (Lipinski definition) is 4. The Bertz CT molecular complexity index is 406. The van der Waals surface area contributed by atoms with Gasteiger partial charge in [-0.3, -0.25) is 9.59 Å². The molecular weight excluding hydrogens is 285 g/mol. The number of allylic oxidation sites excluding steroid dienone is 2. The number of ether oxygens (including phenoxy) is 1. The van der Waals surface area contributed by atoms with Crippen LogP contribution in [0.1, 0.15) is 59.3 Å². The van der Waals surface area contributed by atoms with E-state index in [0.717, 1.165) is 49.9 Å².